The third-order valence-electron chi connectivity index (χ3n) is 4.12. The van der Waals surface area contributed by atoms with Crippen LogP contribution in [-0.2, 0) is 0 Å². The molecule has 0 spiro atoms. The summed E-state index contributed by atoms with van der Waals surface area (Å²) in [5, 5.41) is 9.05. The van der Waals surface area contributed by atoms with E-state index < -0.39 is 0 Å². The average Bonchev–Trinajstić information content (AvgIpc) is 2.17. The molecule has 1 heteroatoms. The molecule has 0 aromatic rings. The maximum atomic E-state index is 9.05. The van der Waals surface area contributed by atoms with Crippen LogP contribution in [0.3, 0.4) is 0 Å². The lowest BCUT2D eigenvalue weighted by atomic mass is 9.69. The lowest BCUT2D eigenvalue weighted by Gasteiger charge is -2.37. The lowest BCUT2D eigenvalue weighted by molar-refractivity contribution is 0.129. The first-order valence-corrected chi connectivity index (χ1v) is 6.54. The van der Waals surface area contributed by atoms with Crippen molar-refractivity contribution in [1.29, 1.82) is 0 Å². The minimum absolute atomic E-state index is 0.360. The Balaban J connectivity index is 2.30. The summed E-state index contributed by atoms with van der Waals surface area (Å²) >= 11 is 0. The van der Waals surface area contributed by atoms with E-state index in [1.807, 2.05) is 0 Å². The summed E-state index contributed by atoms with van der Waals surface area (Å²) in [6, 6.07) is 0. The van der Waals surface area contributed by atoms with Gasteiger partial charge in [-0.2, -0.15) is 0 Å². The predicted molar refractivity (Wildman–Crippen MR) is 65.8 cm³/mol. The van der Waals surface area contributed by atoms with Crippen LogP contribution in [0.25, 0.3) is 0 Å². The topological polar surface area (TPSA) is 20.2 Å². The van der Waals surface area contributed by atoms with Crippen molar-refractivity contribution >= 4 is 0 Å². The molecule has 1 aliphatic rings. The summed E-state index contributed by atoms with van der Waals surface area (Å²) in [7, 11) is 0. The highest BCUT2D eigenvalue weighted by Gasteiger charge is 2.29. The molecule has 1 atom stereocenters. The van der Waals surface area contributed by atoms with Crippen molar-refractivity contribution in [2.45, 2.75) is 59.8 Å². The number of aliphatic hydroxyl groups excluding tert-OH is 1. The first-order valence-electron chi connectivity index (χ1n) is 6.54. The fourth-order valence-corrected chi connectivity index (χ4v) is 2.91. The molecule has 1 N–H and O–H groups in total. The number of hydrogen-bond acceptors (Lipinski definition) is 1. The first-order chi connectivity index (χ1) is 6.93. The van der Waals surface area contributed by atoms with Crippen LogP contribution in [-0.4, -0.2) is 11.7 Å². The highest BCUT2D eigenvalue weighted by atomic mass is 16.3. The summed E-state index contributed by atoms with van der Waals surface area (Å²) < 4.78 is 0. The second-order valence-corrected chi connectivity index (χ2v) is 6.61. The van der Waals surface area contributed by atoms with Crippen molar-refractivity contribution in [3.8, 4) is 0 Å². The van der Waals surface area contributed by atoms with Crippen molar-refractivity contribution < 1.29 is 5.11 Å². The predicted octanol–water partition coefficient (Wildman–Crippen LogP) is 3.86. The summed E-state index contributed by atoms with van der Waals surface area (Å²) in [6.07, 6.45) is 6.78. The van der Waals surface area contributed by atoms with E-state index in [1.54, 1.807) is 0 Å². The minimum atomic E-state index is 0.360. The molecule has 0 heterocycles. The molecule has 90 valence electrons. The quantitative estimate of drug-likeness (QED) is 0.753. The van der Waals surface area contributed by atoms with Gasteiger partial charge in [-0.15, -0.1) is 0 Å². The third kappa shape index (κ3) is 4.14. The maximum absolute atomic E-state index is 9.05. The molecule has 0 aromatic heterocycles. The van der Waals surface area contributed by atoms with Gasteiger partial charge in [0.25, 0.3) is 0 Å². The molecule has 1 rings (SSSR count). The van der Waals surface area contributed by atoms with Crippen LogP contribution in [0.15, 0.2) is 0 Å². The van der Waals surface area contributed by atoms with Gasteiger partial charge in [0.05, 0.1) is 0 Å². The van der Waals surface area contributed by atoms with Gasteiger partial charge in [-0.1, -0.05) is 40.5 Å². The standard InChI is InChI=1S/C14H28O/c1-11(10-15)9-12-5-7-13(8-6-12)14(2,3)4/h11-13,15H,5-10H2,1-4H3/t11-,12?,13?/m1/s1. The van der Waals surface area contributed by atoms with E-state index >= 15 is 0 Å². The van der Waals surface area contributed by atoms with Crippen LogP contribution in [0.2, 0.25) is 0 Å². The van der Waals surface area contributed by atoms with Crippen LogP contribution >= 0.6 is 0 Å². The van der Waals surface area contributed by atoms with Gasteiger partial charge >= 0.3 is 0 Å². The highest BCUT2D eigenvalue weighted by molar-refractivity contribution is 4.81. The smallest absolute Gasteiger partial charge is 0.0456 e. The maximum Gasteiger partial charge on any atom is 0.0456 e. The van der Waals surface area contributed by atoms with E-state index in [2.05, 4.69) is 27.7 Å². The SMILES string of the molecule is C[C@@H](CO)CC1CCC(C(C)(C)C)CC1. The number of rotatable bonds is 3. The Bertz CT molecular complexity index is 172. The molecular formula is C14H28O. The van der Waals surface area contributed by atoms with Crippen molar-refractivity contribution in [3.05, 3.63) is 0 Å². The number of hydrogen-bond donors (Lipinski definition) is 1. The second kappa shape index (κ2) is 5.34. The van der Waals surface area contributed by atoms with E-state index in [-0.39, 0.29) is 0 Å². The summed E-state index contributed by atoms with van der Waals surface area (Å²) in [6.45, 7) is 9.63. The van der Waals surface area contributed by atoms with E-state index in [1.165, 1.54) is 32.1 Å². The summed E-state index contributed by atoms with van der Waals surface area (Å²) in [4.78, 5) is 0. The molecule has 0 aromatic carbocycles. The summed E-state index contributed by atoms with van der Waals surface area (Å²) in [5.41, 5.74) is 0.494. The monoisotopic (exact) mass is 212 g/mol. The van der Waals surface area contributed by atoms with Crippen molar-refractivity contribution in [3.63, 3.8) is 0 Å². The van der Waals surface area contributed by atoms with E-state index in [0.29, 0.717) is 17.9 Å². The van der Waals surface area contributed by atoms with Gasteiger partial charge in [0.1, 0.15) is 0 Å². The molecule has 0 saturated heterocycles. The zero-order valence-electron chi connectivity index (χ0n) is 10.9. The highest BCUT2D eigenvalue weighted by Crippen LogP contribution is 2.41. The average molecular weight is 212 g/mol. The van der Waals surface area contributed by atoms with E-state index in [0.717, 1.165) is 11.8 Å². The third-order valence-corrected chi connectivity index (χ3v) is 4.12. The number of aliphatic hydroxyl groups is 1. The van der Waals surface area contributed by atoms with Gasteiger partial charge in [-0.25, -0.2) is 0 Å². The summed E-state index contributed by atoms with van der Waals surface area (Å²) in [5.74, 6) is 2.30. The molecule has 1 nitrogen and oxygen atoms in total. The van der Waals surface area contributed by atoms with Gasteiger partial charge < -0.3 is 5.11 Å². The Hall–Kier alpha value is -0.0400. The minimum Gasteiger partial charge on any atom is -0.396 e. The second-order valence-electron chi connectivity index (χ2n) is 6.61. The molecule has 1 saturated carbocycles. The molecule has 1 aliphatic carbocycles. The van der Waals surface area contributed by atoms with E-state index in [4.69, 9.17) is 5.11 Å². The molecule has 15 heavy (non-hydrogen) atoms. The van der Waals surface area contributed by atoms with Gasteiger partial charge in [0, 0.05) is 6.61 Å². The Labute approximate surface area is 95.3 Å². The molecule has 1 fully saturated rings. The Morgan fingerprint density at radius 1 is 1.13 bits per heavy atom. The van der Waals surface area contributed by atoms with Gasteiger partial charge in [-0.3, -0.25) is 0 Å². The molecule has 0 bridgehead atoms. The van der Waals surface area contributed by atoms with Crippen molar-refractivity contribution in [2.24, 2.45) is 23.2 Å². The zero-order chi connectivity index (χ0) is 11.5. The molecular weight excluding hydrogens is 184 g/mol. The fourth-order valence-electron chi connectivity index (χ4n) is 2.91. The van der Waals surface area contributed by atoms with Crippen LogP contribution in [0.5, 0.6) is 0 Å². The van der Waals surface area contributed by atoms with Crippen LogP contribution < -0.4 is 0 Å². The van der Waals surface area contributed by atoms with Crippen LogP contribution in [0.4, 0.5) is 0 Å². The molecule has 0 unspecified atom stereocenters. The normalized spacial score (nSPS) is 30.2. The van der Waals surface area contributed by atoms with Crippen molar-refractivity contribution in [1.82, 2.24) is 0 Å². The Morgan fingerprint density at radius 3 is 2.07 bits per heavy atom. The lowest BCUT2D eigenvalue weighted by Crippen LogP contribution is -2.26. The molecule has 0 amide bonds. The van der Waals surface area contributed by atoms with Crippen LogP contribution in [0, 0.1) is 23.2 Å². The Morgan fingerprint density at radius 2 is 1.67 bits per heavy atom. The Kier molecular flexibility index (Phi) is 4.64. The van der Waals surface area contributed by atoms with Gasteiger partial charge in [0.15, 0.2) is 0 Å². The van der Waals surface area contributed by atoms with Crippen molar-refractivity contribution in [2.75, 3.05) is 6.61 Å². The molecule has 0 aliphatic heterocycles. The van der Waals surface area contributed by atoms with E-state index in [9.17, 15) is 0 Å². The van der Waals surface area contributed by atoms with Crippen LogP contribution in [0.1, 0.15) is 59.8 Å². The molecule has 0 radical (unpaired) electrons. The first kappa shape index (κ1) is 13.0. The fraction of sp³-hybridized carbons (Fsp3) is 1.00. The zero-order valence-corrected chi connectivity index (χ0v) is 10.9. The van der Waals surface area contributed by atoms with Gasteiger partial charge in [-0.05, 0) is 42.4 Å². The van der Waals surface area contributed by atoms with Gasteiger partial charge in [0.2, 0.25) is 0 Å². The largest absolute Gasteiger partial charge is 0.396 e.